The van der Waals surface area contributed by atoms with Gasteiger partial charge in [-0.15, -0.1) is 0 Å². The van der Waals surface area contributed by atoms with E-state index in [1.807, 2.05) is 13.0 Å². The summed E-state index contributed by atoms with van der Waals surface area (Å²) in [4.78, 5) is 12.4. The molecule has 1 aromatic heterocycles. The summed E-state index contributed by atoms with van der Waals surface area (Å²) < 4.78 is 38.1. The van der Waals surface area contributed by atoms with Crippen LogP contribution >= 0.6 is 0 Å². The van der Waals surface area contributed by atoms with Gasteiger partial charge in [0, 0.05) is 18.7 Å². The molecule has 0 aliphatic carbocycles. The second kappa shape index (κ2) is 8.03. The van der Waals surface area contributed by atoms with Crippen molar-refractivity contribution in [1.82, 2.24) is 10.0 Å². The first-order chi connectivity index (χ1) is 12.4. The number of carbonyl (C=O) groups excluding carboxylic acids is 1. The molecule has 1 aromatic carbocycles. The molecule has 3 rings (SSSR count). The van der Waals surface area contributed by atoms with Gasteiger partial charge >= 0.3 is 0 Å². The van der Waals surface area contributed by atoms with E-state index in [9.17, 15) is 13.2 Å². The largest absolute Gasteiger partial charge is 0.465 e. The van der Waals surface area contributed by atoms with Gasteiger partial charge in [-0.1, -0.05) is 6.07 Å². The predicted molar refractivity (Wildman–Crippen MR) is 95.2 cm³/mol. The minimum absolute atomic E-state index is 0.0675. The summed E-state index contributed by atoms with van der Waals surface area (Å²) in [5, 5.41) is 2.72. The first-order valence-corrected chi connectivity index (χ1v) is 9.93. The molecule has 0 radical (unpaired) electrons. The summed E-state index contributed by atoms with van der Waals surface area (Å²) >= 11 is 0. The summed E-state index contributed by atoms with van der Waals surface area (Å²) in [5.74, 6) is 1.23. The van der Waals surface area contributed by atoms with Crippen LogP contribution in [0.1, 0.15) is 28.3 Å². The van der Waals surface area contributed by atoms with Crippen LogP contribution in [0, 0.1) is 12.8 Å². The highest BCUT2D eigenvalue weighted by Gasteiger charge is 2.21. The summed E-state index contributed by atoms with van der Waals surface area (Å²) in [6.07, 6.45) is 0.844. The van der Waals surface area contributed by atoms with Crippen molar-refractivity contribution in [3.8, 4) is 0 Å². The number of carbonyl (C=O) groups is 1. The van der Waals surface area contributed by atoms with Crippen molar-refractivity contribution in [3.05, 3.63) is 53.5 Å². The maximum absolute atomic E-state index is 12.4. The quantitative estimate of drug-likeness (QED) is 0.766. The number of hydrogen-bond acceptors (Lipinski definition) is 5. The Bertz CT molecular complexity index is 869. The number of furan rings is 1. The van der Waals surface area contributed by atoms with Crippen molar-refractivity contribution in [1.29, 1.82) is 0 Å². The molecule has 1 aliphatic heterocycles. The average molecular weight is 378 g/mol. The van der Waals surface area contributed by atoms with E-state index in [4.69, 9.17) is 9.15 Å². The average Bonchev–Trinajstić information content (AvgIpc) is 3.29. The van der Waals surface area contributed by atoms with Gasteiger partial charge in [-0.3, -0.25) is 4.79 Å². The molecule has 0 saturated carbocycles. The fourth-order valence-corrected chi connectivity index (χ4v) is 3.87. The third-order valence-corrected chi connectivity index (χ3v) is 5.63. The van der Waals surface area contributed by atoms with Crippen molar-refractivity contribution in [2.24, 2.45) is 5.92 Å². The van der Waals surface area contributed by atoms with Gasteiger partial charge in [0.15, 0.2) is 0 Å². The molecule has 26 heavy (non-hydrogen) atoms. The summed E-state index contributed by atoms with van der Waals surface area (Å²) in [5.41, 5.74) is 0.278. The van der Waals surface area contributed by atoms with Crippen molar-refractivity contribution in [2.75, 3.05) is 19.8 Å². The van der Waals surface area contributed by atoms with E-state index >= 15 is 0 Å². The monoisotopic (exact) mass is 378 g/mol. The predicted octanol–water partition coefficient (Wildman–Crippen LogP) is 1.83. The molecule has 1 aliphatic rings. The van der Waals surface area contributed by atoms with Crippen LogP contribution in [0.3, 0.4) is 0 Å². The Morgan fingerprint density at radius 3 is 2.81 bits per heavy atom. The fourth-order valence-electron chi connectivity index (χ4n) is 2.71. The number of aryl methyl sites for hydroxylation is 1. The second-order valence-electron chi connectivity index (χ2n) is 6.30. The Morgan fingerprint density at radius 1 is 1.27 bits per heavy atom. The van der Waals surface area contributed by atoms with E-state index in [-0.39, 0.29) is 28.8 Å². The van der Waals surface area contributed by atoms with E-state index in [1.165, 1.54) is 12.1 Å². The van der Waals surface area contributed by atoms with E-state index in [2.05, 4.69) is 10.0 Å². The third kappa shape index (κ3) is 4.72. The number of hydrogen-bond donors (Lipinski definition) is 2. The Kier molecular flexibility index (Phi) is 5.75. The van der Waals surface area contributed by atoms with Crippen molar-refractivity contribution < 1.29 is 22.4 Å². The van der Waals surface area contributed by atoms with Gasteiger partial charge in [-0.05, 0) is 49.6 Å². The molecule has 1 saturated heterocycles. The molecule has 1 atom stereocenters. The Balaban J connectivity index is 1.63. The maximum Gasteiger partial charge on any atom is 0.251 e. The van der Waals surface area contributed by atoms with Crippen LogP contribution in [0.2, 0.25) is 0 Å². The van der Waals surface area contributed by atoms with Crippen molar-refractivity contribution >= 4 is 15.9 Å². The number of nitrogens with one attached hydrogen (secondary N) is 2. The van der Waals surface area contributed by atoms with E-state index in [0.29, 0.717) is 25.5 Å². The summed E-state index contributed by atoms with van der Waals surface area (Å²) in [6, 6.07) is 9.57. The lowest BCUT2D eigenvalue weighted by atomic mass is 10.1. The van der Waals surface area contributed by atoms with Crippen LogP contribution in [0.4, 0.5) is 0 Å². The molecule has 2 heterocycles. The fraction of sp³-hybridized carbons (Fsp3) is 0.389. The highest BCUT2D eigenvalue weighted by atomic mass is 32.2. The van der Waals surface area contributed by atoms with Crippen LogP contribution in [0.25, 0.3) is 0 Å². The molecule has 2 aromatic rings. The molecule has 0 bridgehead atoms. The molecule has 1 amide bonds. The lowest BCUT2D eigenvalue weighted by Crippen LogP contribution is -2.30. The number of benzene rings is 1. The summed E-state index contributed by atoms with van der Waals surface area (Å²) in [6.45, 7) is 3.62. The van der Waals surface area contributed by atoms with Gasteiger partial charge < -0.3 is 14.5 Å². The number of rotatable bonds is 7. The number of amides is 1. The maximum atomic E-state index is 12.4. The van der Waals surface area contributed by atoms with Crippen LogP contribution in [0.5, 0.6) is 0 Å². The van der Waals surface area contributed by atoms with E-state index < -0.39 is 10.0 Å². The first-order valence-electron chi connectivity index (χ1n) is 8.45. The molecule has 7 nitrogen and oxygen atoms in total. The molecular weight excluding hydrogens is 356 g/mol. The van der Waals surface area contributed by atoms with Gasteiger partial charge in [-0.25, -0.2) is 13.1 Å². The van der Waals surface area contributed by atoms with Crippen molar-refractivity contribution in [3.63, 3.8) is 0 Å². The van der Waals surface area contributed by atoms with Gasteiger partial charge in [-0.2, -0.15) is 0 Å². The zero-order valence-electron chi connectivity index (χ0n) is 14.5. The summed E-state index contributed by atoms with van der Waals surface area (Å²) in [7, 11) is -3.67. The van der Waals surface area contributed by atoms with Gasteiger partial charge in [0.05, 0.1) is 18.0 Å². The van der Waals surface area contributed by atoms with Crippen LogP contribution in [-0.2, 0) is 21.3 Å². The van der Waals surface area contributed by atoms with E-state index in [0.717, 1.165) is 12.2 Å². The minimum Gasteiger partial charge on any atom is -0.465 e. The zero-order valence-corrected chi connectivity index (χ0v) is 15.3. The lowest BCUT2D eigenvalue weighted by molar-refractivity contribution is 0.0947. The molecule has 0 unspecified atom stereocenters. The van der Waals surface area contributed by atoms with Gasteiger partial charge in [0.1, 0.15) is 11.5 Å². The SMILES string of the molecule is Cc1ccc(CNC(=O)c2cccc(S(=O)(=O)NC[C@@H]3CCOC3)c2)o1. The second-order valence-corrected chi connectivity index (χ2v) is 8.07. The molecular formula is C18H22N2O5S. The number of ether oxygens (including phenoxy) is 1. The lowest BCUT2D eigenvalue weighted by Gasteiger charge is -2.11. The highest BCUT2D eigenvalue weighted by Crippen LogP contribution is 2.15. The Morgan fingerprint density at radius 2 is 2.12 bits per heavy atom. The standard InChI is InChI=1S/C18H22N2O5S/c1-13-5-6-16(25-13)11-19-18(21)15-3-2-4-17(9-15)26(22,23)20-10-14-7-8-24-12-14/h2-6,9,14,20H,7-8,10-12H2,1H3,(H,19,21)/t14-/m0/s1. The van der Waals surface area contributed by atoms with Gasteiger partial charge in [0.25, 0.3) is 5.91 Å². The van der Waals surface area contributed by atoms with Crippen LogP contribution < -0.4 is 10.0 Å². The molecule has 1 fully saturated rings. The molecule has 2 N–H and O–H groups in total. The highest BCUT2D eigenvalue weighted by molar-refractivity contribution is 7.89. The Labute approximate surface area is 152 Å². The van der Waals surface area contributed by atoms with Crippen LogP contribution in [-0.4, -0.2) is 34.1 Å². The minimum atomic E-state index is -3.67. The molecule has 140 valence electrons. The normalized spacial score (nSPS) is 17.3. The smallest absolute Gasteiger partial charge is 0.251 e. The zero-order chi connectivity index (χ0) is 18.6. The molecule has 8 heteroatoms. The Hall–Kier alpha value is -2.16. The first kappa shape index (κ1) is 18.6. The number of sulfonamides is 1. The van der Waals surface area contributed by atoms with Crippen LogP contribution in [0.15, 0.2) is 45.7 Å². The topological polar surface area (TPSA) is 97.6 Å². The third-order valence-electron chi connectivity index (χ3n) is 4.21. The van der Waals surface area contributed by atoms with Gasteiger partial charge in [0.2, 0.25) is 10.0 Å². The van der Waals surface area contributed by atoms with E-state index in [1.54, 1.807) is 18.2 Å². The van der Waals surface area contributed by atoms with Crippen molar-refractivity contribution in [2.45, 2.75) is 24.8 Å². The molecule has 0 spiro atoms.